The number of carbonyl (C=O) groups is 1. The predicted octanol–water partition coefficient (Wildman–Crippen LogP) is 3.84. The fourth-order valence-electron chi connectivity index (χ4n) is 4.87. The Hall–Kier alpha value is -2.16. The molecule has 1 atom stereocenters. The Labute approximate surface area is 211 Å². The first-order valence-corrected chi connectivity index (χ1v) is 16.2. The number of hydrogen-bond acceptors (Lipinski definition) is 5. The van der Waals surface area contributed by atoms with Crippen LogP contribution in [0, 0.1) is 5.92 Å². The van der Waals surface area contributed by atoms with Crippen molar-refractivity contribution < 1.29 is 22.4 Å². The normalized spacial score (nSPS) is 16.0. The summed E-state index contributed by atoms with van der Waals surface area (Å²) in [7, 11) is -6.26. The van der Waals surface area contributed by atoms with Gasteiger partial charge in [0.1, 0.15) is 0 Å². The van der Waals surface area contributed by atoms with Gasteiger partial charge in [0, 0.05) is 25.3 Å². The van der Waals surface area contributed by atoms with E-state index in [0.29, 0.717) is 19.7 Å². The molecule has 0 spiro atoms. The van der Waals surface area contributed by atoms with Crippen LogP contribution in [0.2, 0.25) is 5.04 Å². The molecule has 1 heterocycles. The van der Waals surface area contributed by atoms with E-state index in [1.807, 2.05) is 43.3 Å². The molecule has 0 bridgehead atoms. The van der Waals surface area contributed by atoms with E-state index < -0.39 is 23.4 Å². The molecule has 1 fully saturated rings. The first kappa shape index (κ1) is 27.4. The van der Waals surface area contributed by atoms with Crippen LogP contribution in [0.3, 0.4) is 0 Å². The highest BCUT2D eigenvalue weighted by Crippen LogP contribution is 2.37. The van der Waals surface area contributed by atoms with Crippen LogP contribution in [-0.4, -0.2) is 65.5 Å². The number of rotatable bonds is 10. The molecule has 8 heteroatoms. The quantitative estimate of drug-likeness (QED) is 0.354. The van der Waals surface area contributed by atoms with E-state index in [4.69, 9.17) is 9.16 Å². The van der Waals surface area contributed by atoms with Crippen molar-refractivity contribution in [2.75, 3.05) is 32.6 Å². The third-order valence-corrected chi connectivity index (χ3v) is 13.5. The van der Waals surface area contributed by atoms with Crippen LogP contribution in [0.5, 0.6) is 0 Å². The predicted molar refractivity (Wildman–Crippen MR) is 144 cm³/mol. The number of likely N-dealkylation sites (tertiary alicyclic amines) is 1. The molecule has 1 amide bonds. The molecular formula is C27H39NO5SSi. The number of ether oxygens (including phenoxy) is 1. The largest absolute Gasteiger partial charge is 0.449 e. The number of nitrogens with zero attached hydrogens (tertiary/aromatic N) is 1. The Morgan fingerprint density at radius 1 is 1.03 bits per heavy atom. The van der Waals surface area contributed by atoms with Gasteiger partial charge in [-0.3, -0.25) is 0 Å². The summed E-state index contributed by atoms with van der Waals surface area (Å²) in [6.45, 7) is 9.78. The summed E-state index contributed by atoms with van der Waals surface area (Å²) in [5.41, 5.74) is 0. The summed E-state index contributed by atoms with van der Waals surface area (Å²) < 4.78 is 38.0. The number of sulfone groups is 1. The molecule has 3 rings (SSSR count). The Morgan fingerprint density at radius 2 is 1.54 bits per heavy atom. The van der Waals surface area contributed by atoms with E-state index in [1.165, 1.54) is 6.26 Å². The zero-order valence-corrected chi connectivity index (χ0v) is 23.4. The Bertz CT molecular complexity index is 1020. The van der Waals surface area contributed by atoms with Crippen LogP contribution in [0.25, 0.3) is 0 Å². The topological polar surface area (TPSA) is 72.9 Å². The Morgan fingerprint density at radius 3 is 1.97 bits per heavy atom. The molecule has 6 nitrogen and oxygen atoms in total. The highest BCUT2D eigenvalue weighted by atomic mass is 32.2. The maximum absolute atomic E-state index is 12.9. The van der Waals surface area contributed by atoms with Crippen molar-refractivity contribution in [3.63, 3.8) is 0 Å². The maximum atomic E-state index is 12.9. The first-order chi connectivity index (χ1) is 16.5. The molecule has 0 N–H and O–H groups in total. The summed E-state index contributed by atoms with van der Waals surface area (Å²) in [4.78, 5) is 13.9. The van der Waals surface area contributed by atoms with Crippen molar-refractivity contribution in [2.45, 2.75) is 50.8 Å². The van der Waals surface area contributed by atoms with E-state index >= 15 is 0 Å². The lowest BCUT2D eigenvalue weighted by Crippen LogP contribution is -2.68. The molecule has 35 heavy (non-hydrogen) atoms. The number of hydrogen-bond donors (Lipinski definition) is 0. The third kappa shape index (κ3) is 6.16. The minimum absolute atomic E-state index is 0.0928. The fourth-order valence-corrected chi connectivity index (χ4v) is 10.8. The summed E-state index contributed by atoms with van der Waals surface area (Å²) in [6, 6.07) is 20.4. The Kier molecular flexibility index (Phi) is 8.83. The molecule has 0 aromatic heterocycles. The zero-order chi connectivity index (χ0) is 25.7. The summed E-state index contributed by atoms with van der Waals surface area (Å²) in [6.07, 6.45) is 2.68. The average Bonchev–Trinajstić information content (AvgIpc) is 2.77. The van der Waals surface area contributed by atoms with Gasteiger partial charge in [-0.25, -0.2) is 13.2 Å². The average molecular weight is 518 g/mol. The maximum Gasteiger partial charge on any atom is 0.409 e. The standard InChI is InChI=1S/C27H39NO5SSi/c1-6-7-18-32-26(29)28-19-22(20-28)25(34(5,30)31)21-33-35(27(2,3)4,23-14-10-8-11-15-23)24-16-12-9-13-17-24/h8-17,22,25H,6-7,18-21H2,1-5H3. The SMILES string of the molecule is CCCCOC(=O)N1CC(C(CO[Si](c2ccccc2)(c2ccccc2)C(C)(C)C)S(C)(=O)=O)C1. The molecule has 0 aliphatic carbocycles. The molecule has 0 radical (unpaired) electrons. The van der Waals surface area contributed by atoms with E-state index in [-0.39, 0.29) is 23.7 Å². The van der Waals surface area contributed by atoms with Crippen LogP contribution < -0.4 is 10.4 Å². The Balaban J connectivity index is 1.87. The molecule has 1 aliphatic heterocycles. The van der Waals surface area contributed by atoms with Crippen molar-refractivity contribution in [1.29, 1.82) is 0 Å². The van der Waals surface area contributed by atoms with Crippen molar-refractivity contribution >= 4 is 34.6 Å². The van der Waals surface area contributed by atoms with E-state index in [0.717, 1.165) is 23.2 Å². The lowest BCUT2D eigenvalue weighted by molar-refractivity contribution is 0.0472. The van der Waals surface area contributed by atoms with Gasteiger partial charge in [-0.2, -0.15) is 0 Å². The number of unbranched alkanes of at least 4 members (excludes halogenated alkanes) is 1. The monoisotopic (exact) mass is 517 g/mol. The van der Waals surface area contributed by atoms with Gasteiger partial charge >= 0.3 is 6.09 Å². The summed E-state index contributed by atoms with van der Waals surface area (Å²) >= 11 is 0. The molecule has 0 saturated carbocycles. The molecule has 1 unspecified atom stereocenters. The van der Waals surface area contributed by atoms with Crippen LogP contribution in [-0.2, 0) is 19.0 Å². The molecule has 2 aromatic rings. The van der Waals surface area contributed by atoms with Gasteiger partial charge in [0.05, 0.1) is 18.5 Å². The van der Waals surface area contributed by atoms with Gasteiger partial charge in [0.25, 0.3) is 8.32 Å². The smallest absolute Gasteiger partial charge is 0.409 e. The van der Waals surface area contributed by atoms with E-state index in [1.54, 1.807) is 4.90 Å². The molecule has 1 aliphatic rings. The first-order valence-electron chi connectivity index (χ1n) is 12.4. The van der Waals surface area contributed by atoms with Crippen molar-refractivity contribution in [3.8, 4) is 0 Å². The zero-order valence-electron chi connectivity index (χ0n) is 21.6. The molecule has 192 valence electrons. The second-order valence-corrected chi connectivity index (χ2v) is 17.0. The lowest BCUT2D eigenvalue weighted by atomic mass is 9.97. The van der Waals surface area contributed by atoms with Crippen LogP contribution in [0.4, 0.5) is 4.79 Å². The lowest BCUT2D eigenvalue weighted by Gasteiger charge is -2.46. The van der Waals surface area contributed by atoms with Gasteiger partial charge in [-0.05, 0) is 21.8 Å². The number of amides is 1. The fraction of sp³-hybridized carbons (Fsp3) is 0.519. The number of benzene rings is 2. The molecule has 2 aromatic carbocycles. The van der Waals surface area contributed by atoms with Crippen LogP contribution in [0.15, 0.2) is 60.7 Å². The van der Waals surface area contributed by atoms with E-state index in [2.05, 4.69) is 45.0 Å². The van der Waals surface area contributed by atoms with Crippen molar-refractivity contribution in [2.24, 2.45) is 5.92 Å². The van der Waals surface area contributed by atoms with Crippen molar-refractivity contribution in [1.82, 2.24) is 4.90 Å². The summed E-state index contributed by atoms with van der Waals surface area (Å²) in [5, 5.41) is 1.29. The minimum Gasteiger partial charge on any atom is -0.449 e. The van der Waals surface area contributed by atoms with Gasteiger partial charge in [-0.15, -0.1) is 0 Å². The third-order valence-electron chi connectivity index (χ3n) is 6.85. The highest BCUT2D eigenvalue weighted by molar-refractivity contribution is 7.91. The van der Waals surface area contributed by atoms with Crippen LogP contribution in [0.1, 0.15) is 40.5 Å². The molecular weight excluding hydrogens is 478 g/mol. The van der Waals surface area contributed by atoms with E-state index in [9.17, 15) is 13.2 Å². The molecule has 1 saturated heterocycles. The minimum atomic E-state index is -3.41. The number of carbonyl (C=O) groups excluding carboxylic acids is 1. The van der Waals surface area contributed by atoms with Crippen LogP contribution >= 0.6 is 0 Å². The van der Waals surface area contributed by atoms with Gasteiger partial charge in [0.2, 0.25) is 0 Å². The highest BCUT2D eigenvalue weighted by Gasteiger charge is 2.52. The second kappa shape index (κ2) is 11.3. The van der Waals surface area contributed by atoms with Gasteiger partial charge < -0.3 is 14.1 Å². The van der Waals surface area contributed by atoms with Gasteiger partial charge in [0.15, 0.2) is 9.84 Å². The second-order valence-electron chi connectivity index (χ2n) is 10.5. The summed E-state index contributed by atoms with van der Waals surface area (Å²) in [5.74, 6) is -0.179. The van der Waals surface area contributed by atoms with Gasteiger partial charge in [-0.1, -0.05) is 94.8 Å². The van der Waals surface area contributed by atoms with Crippen molar-refractivity contribution in [3.05, 3.63) is 60.7 Å².